The van der Waals surface area contributed by atoms with Crippen LogP contribution in [0.25, 0.3) is 0 Å². The Balaban J connectivity index is 2.66. The maximum absolute atomic E-state index is 5.10. The lowest BCUT2D eigenvalue weighted by atomic mass is 10.2. The molecule has 0 unspecified atom stereocenters. The van der Waals surface area contributed by atoms with Crippen LogP contribution in [0.4, 0.5) is 0 Å². The van der Waals surface area contributed by atoms with Gasteiger partial charge in [0, 0.05) is 10.4 Å². The third kappa shape index (κ3) is 4.65. The molecule has 1 aromatic rings. The molecule has 86 valence electrons. The summed E-state index contributed by atoms with van der Waals surface area (Å²) in [5.41, 5.74) is 0.930. The smallest absolute Gasteiger partial charge is 0.119 e. The summed E-state index contributed by atoms with van der Waals surface area (Å²) in [7, 11) is 7.35. The Hall–Kier alpha value is -1.75. The Morgan fingerprint density at radius 3 is 2.62 bits per heavy atom. The lowest BCUT2D eigenvalue weighted by molar-refractivity contribution is -0.882. The van der Waals surface area contributed by atoms with Crippen molar-refractivity contribution in [2.24, 2.45) is 15.5 Å². The van der Waals surface area contributed by atoms with Crippen molar-refractivity contribution >= 4 is 6.21 Å². The molecule has 1 aromatic carbocycles. The fourth-order valence-corrected chi connectivity index (χ4v) is 0.957. The molecule has 0 aliphatic rings. The molecule has 0 fully saturated rings. The van der Waals surface area contributed by atoms with Crippen molar-refractivity contribution in [3.05, 3.63) is 29.8 Å². The summed E-state index contributed by atoms with van der Waals surface area (Å²) in [6.45, 7) is 0. The van der Waals surface area contributed by atoms with Crippen molar-refractivity contribution in [1.82, 2.24) is 0 Å². The summed E-state index contributed by atoms with van der Waals surface area (Å²) in [6, 6.07) is 7.58. The third-order valence-electron chi connectivity index (χ3n) is 1.66. The van der Waals surface area contributed by atoms with Gasteiger partial charge in [-0.2, -0.15) is 4.59 Å². The van der Waals surface area contributed by atoms with Crippen molar-refractivity contribution in [1.29, 1.82) is 0 Å². The molecule has 1 rings (SSSR count). The molecule has 0 aliphatic heterocycles. The minimum atomic E-state index is 0.398. The molecule has 0 aliphatic carbocycles. The van der Waals surface area contributed by atoms with Gasteiger partial charge in [-0.3, -0.25) is 0 Å². The highest BCUT2D eigenvalue weighted by Gasteiger charge is 2.01. The van der Waals surface area contributed by atoms with Crippen molar-refractivity contribution < 1.29 is 9.33 Å². The highest BCUT2D eigenvalue weighted by molar-refractivity contribution is 5.79. The lowest BCUT2D eigenvalue weighted by Gasteiger charge is -2.10. The van der Waals surface area contributed by atoms with Crippen LogP contribution in [0.2, 0.25) is 0 Å². The molecule has 0 atom stereocenters. The highest BCUT2D eigenvalue weighted by Crippen LogP contribution is 2.10. The van der Waals surface area contributed by atoms with Gasteiger partial charge in [-0.15, -0.1) is 5.10 Å². The van der Waals surface area contributed by atoms with Gasteiger partial charge in [0.15, 0.2) is 0 Å². The molecule has 16 heavy (non-hydrogen) atoms. The van der Waals surface area contributed by atoms with Gasteiger partial charge in [-0.25, -0.2) is 0 Å². The molecule has 0 aromatic heterocycles. The summed E-state index contributed by atoms with van der Waals surface area (Å²) in [4.78, 5) is 0. The second-order valence-electron chi connectivity index (χ2n) is 4.14. The van der Waals surface area contributed by atoms with E-state index in [0.29, 0.717) is 4.59 Å². The largest absolute Gasteiger partial charge is 0.497 e. The van der Waals surface area contributed by atoms with Crippen molar-refractivity contribution in [3.63, 3.8) is 0 Å². The zero-order chi connectivity index (χ0) is 12.0. The Kier molecular flexibility index (Phi) is 4.13. The SMILES string of the molecule is COc1cccc(C=NN=N[N+](C)(C)C)c1. The molecular weight excluding hydrogens is 204 g/mol. The molecule has 5 nitrogen and oxygen atoms in total. The lowest BCUT2D eigenvalue weighted by Crippen LogP contribution is -2.26. The van der Waals surface area contributed by atoms with Crippen LogP contribution in [0.3, 0.4) is 0 Å². The van der Waals surface area contributed by atoms with E-state index in [0.717, 1.165) is 11.3 Å². The summed E-state index contributed by atoms with van der Waals surface area (Å²) in [6.07, 6.45) is 1.64. The number of methoxy groups -OCH3 is 1. The topological polar surface area (TPSA) is 46.3 Å². The van der Waals surface area contributed by atoms with Gasteiger partial charge >= 0.3 is 0 Å². The zero-order valence-electron chi connectivity index (χ0n) is 10.1. The van der Waals surface area contributed by atoms with Crippen LogP contribution in [-0.4, -0.2) is 39.1 Å². The second kappa shape index (κ2) is 5.37. The molecule has 0 bridgehead atoms. The van der Waals surface area contributed by atoms with Gasteiger partial charge < -0.3 is 4.74 Å². The summed E-state index contributed by atoms with van der Waals surface area (Å²) in [5, 5.41) is 11.5. The maximum Gasteiger partial charge on any atom is 0.119 e. The molecule has 0 amide bonds. The number of quaternary nitrogens is 1. The highest BCUT2D eigenvalue weighted by atomic mass is 16.5. The first-order valence-electron chi connectivity index (χ1n) is 4.92. The van der Waals surface area contributed by atoms with Crippen LogP contribution in [0.15, 0.2) is 39.8 Å². The van der Waals surface area contributed by atoms with Gasteiger partial charge in [-0.05, 0) is 17.7 Å². The van der Waals surface area contributed by atoms with Gasteiger partial charge in [0.2, 0.25) is 0 Å². The number of hydrogen-bond donors (Lipinski definition) is 0. The van der Waals surface area contributed by atoms with Crippen molar-refractivity contribution in [2.45, 2.75) is 0 Å². The minimum Gasteiger partial charge on any atom is -0.497 e. The number of benzene rings is 1. The van der Waals surface area contributed by atoms with E-state index < -0.39 is 0 Å². The average molecular weight is 221 g/mol. The summed E-state index contributed by atoms with van der Waals surface area (Å²) >= 11 is 0. The standard InChI is InChI=1S/C11H17N4O/c1-15(2,3)14-13-12-9-10-6-5-7-11(8-10)16-4/h5-9H,1-4H3/q+1. The monoisotopic (exact) mass is 221 g/mol. The molecule has 5 heteroatoms. The first-order chi connectivity index (χ1) is 7.51. The summed E-state index contributed by atoms with van der Waals surface area (Å²) < 4.78 is 5.49. The van der Waals surface area contributed by atoms with Gasteiger partial charge in [-0.1, -0.05) is 12.1 Å². The Morgan fingerprint density at radius 2 is 2.00 bits per heavy atom. The first-order valence-corrected chi connectivity index (χ1v) is 4.92. The number of nitrogens with zero attached hydrogens (tertiary/aromatic N) is 4. The fraction of sp³-hybridized carbons (Fsp3) is 0.364. The zero-order valence-corrected chi connectivity index (χ0v) is 10.1. The normalized spacial score (nSPS) is 12.5. The number of rotatable bonds is 4. The van der Waals surface area contributed by atoms with E-state index in [9.17, 15) is 0 Å². The average Bonchev–Trinajstić information content (AvgIpc) is 2.23. The molecule has 0 N–H and O–H groups in total. The van der Waals surface area contributed by atoms with Crippen LogP contribution in [-0.2, 0) is 0 Å². The van der Waals surface area contributed by atoms with Crippen LogP contribution >= 0.6 is 0 Å². The van der Waals surface area contributed by atoms with Crippen LogP contribution in [0.1, 0.15) is 5.56 Å². The van der Waals surface area contributed by atoms with E-state index in [4.69, 9.17) is 4.74 Å². The van der Waals surface area contributed by atoms with E-state index in [1.54, 1.807) is 13.3 Å². The van der Waals surface area contributed by atoms with E-state index in [2.05, 4.69) is 15.5 Å². The predicted molar refractivity (Wildman–Crippen MR) is 63.5 cm³/mol. The van der Waals surface area contributed by atoms with Gasteiger partial charge in [0.05, 0.1) is 34.5 Å². The first kappa shape index (κ1) is 12.3. The minimum absolute atomic E-state index is 0.398. The fourth-order valence-electron chi connectivity index (χ4n) is 0.957. The van der Waals surface area contributed by atoms with E-state index in [1.807, 2.05) is 45.4 Å². The summed E-state index contributed by atoms with van der Waals surface area (Å²) in [5.74, 6) is 0.799. The number of ether oxygens (including phenoxy) is 1. The Morgan fingerprint density at radius 1 is 1.25 bits per heavy atom. The molecule has 0 saturated heterocycles. The third-order valence-corrected chi connectivity index (χ3v) is 1.66. The van der Waals surface area contributed by atoms with Gasteiger partial charge in [0.1, 0.15) is 5.75 Å². The second-order valence-corrected chi connectivity index (χ2v) is 4.14. The Bertz CT molecular complexity index is 393. The van der Waals surface area contributed by atoms with Crippen LogP contribution in [0, 0.1) is 0 Å². The molecular formula is C11H17N4O+. The Labute approximate surface area is 95.6 Å². The van der Waals surface area contributed by atoms with Crippen LogP contribution < -0.4 is 4.74 Å². The number of hydrogen-bond acceptors (Lipinski definition) is 3. The quantitative estimate of drug-likeness (QED) is 0.332. The van der Waals surface area contributed by atoms with Crippen molar-refractivity contribution in [2.75, 3.05) is 28.3 Å². The molecule has 0 heterocycles. The van der Waals surface area contributed by atoms with Crippen molar-refractivity contribution in [3.8, 4) is 5.75 Å². The van der Waals surface area contributed by atoms with E-state index in [1.165, 1.54) is 0 Å². The molecule has 0 saturated carbocycles. The van der Waals surface area contributed by atoms with Crippen LogP contribution in [0.5, 0.6) is 5.75 Å². The molecule has 0 radical (unpaired) electrons. The van der Waals surface area contributed by atoms with E-state index in [-0.39, 0.29) is 0 Å². The maximum atomic E-state index is 5.10. The molecule has 0 spiro atoms. The van der Waals surface area contributed by atoms with Gasteiger partial charge in [0.25, 0.3) is 0 Å². The van der Waals surface area contributed by atoms with E-state index >= 15 is 0 Å². The predicted octanol–water partition coefficient (Wildman–Crippen LogP) is 2.10.